The van der Waals surface area contributed by atoms with Gasteiger partial charge in [-0.1, -0.05) is 11.6 Å². The topological polar surface area (TPSA) is 59.6 Å². The van der Waals surface area contributed by atoms with Gasteiger partial charge in [-0.3, -0.25) is 4.79 Å². The highest BCUT2D eigenvalue weighted by molar-refractivity contribution is 6.30. The number of amides is 1. The van der Waals surface area contributed by atoms with E-state index in [0.29, 0.717) is 31.4 Å². The number of rotatable bonds is 9. The first-order valence-electron chi connectivity index (χ1n) is 6.05. The second-order valence-electron chi connectivity index (χ2n) is 3.84. The number of ether oxygens (including phenoxy) is 2. The van der Waals surface area contributed by atoms with Gasteiger partial charge in [-0.2, -0.15) is 0 Å². The van der Waals surface area contributed by atoms with Crippen molar-refractivity contribution in [1.29, 1.82) is 0 Å². The fourth-order valence-electron chi connectivity index (χ4n) is 1.33. The van der Waals surface area contributed by atoms with Gasteiger partial charge in [-0.05, 0) is 24.3 Å². The van der Waals surface area contributed by atoms with Crippen LogP contribution in [0.5, 0.6) is 0 Å². The van der Waals surface area contributed by atoms with Crippen LogP contribution < -0.4 is 10.6 Å². The van der Waals surface area contributed by atoms with Gasteiger partial charge in [-0.15, -0.1) is 0 Å². The molecule has 5 nitrogen and oxygen atoms in total. The highest BCUT2D eigenvalue weighted by Gasteiger charge is 2.01. The van der Waals surface area contributed by atoms with Crippen LogP contribution in [0.2, 0.25) is 5.02 Å². The van der Waals surface area contributed by atoms with Gasteiger partial charge in [0.1, 0.15) is 0 Å². The molecule has 0 saturated carbocycles. The molecular formula is C13H19ClN2O3. The molecule has 0 radical (unpaired) electrons. The third-order valence-electron chi connectivity index (χ3n) is 2.27. The monoisotopic (exact) mass is 286 g/mol. The Morgan fingerprint density at radius 2 is 1.95 bits per heavy atom. The first-order valence-corrected chi connectivity index (χ1v) is 6.43. The van der Waals surface area contributed by atoms with Crippen LogP contribution in [-0.2, 0) is 14.3 Å². The molecule has 0 saturated heterocycles. The van der Waals surface area contributed by atoms with E-state index in [-0.39, 0.29) is 12.5 Å². The Balaban J connectivity index is 2.06. The second kappa shape index (κ2) is 9.75. The number of hydrogen-bond donors (Lipinski definition) is 2. The molecule has 0 fully saturated rings. The van der Waals surface area contributed by atoms with Gasteiger partial charge in [0.15, 0.2) is 0 Å². The lowest BCUT2D eigenvalue weighted by molar-refractivity contribution is -0.115. The third kappa shape index (κ3) is 7.79. The average molecular weight is 287 g/mol. The van der Waals surface area contributed by atoms with Gasteiger partial charge in [-0.25, -0.2) is 0 Å². The number of anilines is 1. The van der Waals surface area contributed by atoms with Crippen LogP contribution in [0.15, 0.2) is 24.3 Å². The molecule has 0 unspecified atom stereocenters. The van der Waals surface area contributed by atoms with Crippen molar-refractivity contribution in [2.24, 2.45) is 0 Å². The summed E-state index contributed by atoms with van der Waals surface area (Å²) in [6.45, 7) is 2.57. The minimum Gasteiger partial charge on any atom is -0.382 e. The number of benzene rings is 1. The number of halogens is 1. The first kappa shape index (κ1) is 15.9. The molecule has 19 heavy (non-hydrogen) atoms. The van der Waals surface area contributed by atoms with Gasteiger partial charge in [0.2, 0.25) is 5.91 Å². The van der Waals surface area contributed by atoms with Crippen molar-refractivity contribution in [1.82, 2.24) is 5.32 Å². The van der Waals surface area contributed by atoms with Crippen molar-refractivity contribution >= 4 is 23.2 Å². The molecule has 106 valence electrons. The van der Waals surface area contributed by atoms with Gasteiger partial charge < -0.3 is 20.1 Å². The Kier molecular flexibility index (Phi) is 8.16. The van der Waals surface area contributed by atoms with E-state index in [4.69, 9.17) is 21.1 Å². The number of methoxy groups -OCH3 is 1. The number of carbonyl (C=O) groups is 1. The van der Waals surface area contributed by atoms with Gasteiger partial charge in [0, 0.05) is 24.4 Å². The van der Waals surface area contributed by atoms with Crippen molar-refractivity contribution in [2.45, 2.75) is 0 Å². The maximum absolute atomic E-state index is 11.6. The molecule has 0 bridgehead atoms. The maximum Gasteiger partial charge on any atom is 0.238 e. The molecule has 1 amide bonds. The van der Waals surface area contributed by atoms with Crippen LogP contribution >= 0.6 is 11.6 Å². The zero-order valence-corrected chi connectivity index (χ0v) is 11.7. The smallest absolute Gasteiger partial charge is 0.238 e. The Bertz CT molecular complexity index is 371. The Labute approximate surface area is 118 Å². The summed E-state index contributed by atoms with van der Waals surface area (Å²) in [5.41, 5.74) is 0.729. The summed E-state index contributed by atoms with van der Waals surface area (Å²) in [7, 11) is 1.63. The Morgan fingerprint density at radius 1 is 1.21 bits per heavy atom. The molecule has 0 spiro atoms. The molecule has 6 heteroatoms. The van der Waals surface area contributed by atoms with Crippen LogP contribution in [0.3, 0.4) is 0 Å². The van der Waals surface area contributed by atoms with Crippen molar-refractivity contribution in [3.8, 4) is 0 Å². The molecule has 0 aliphatic rings. The van der Waals surface area contributed by atoms with E-state index >= 15 is 0 Å². The van der Waals surface area contributed by atoms with Crippen molar-refractivity contribution < 1.29 is 14.3 Å². The maximum atomic E-state index is 11.6. The lowest BCUT2D eigenvalue weighted by atomic mass is 10.3. The highest BCUT2D eigenvalue weighted by Crippen LogP contribution is 2.12. The summed E-state index contributed by atoms with van der Waals surface area (Å²) in [4.78, 5) is 11.6. The normalized spacial score (nSPS) is 10.4. The minimum absolute atomic E-state index is 0.0980. The SMILES string of the molecule is COCCOCCNCC(=O)Nc1ccc(Cl)cc1. The summed E-state index contributed by atoms with van der Waals surface area (Å²) >= 11 is 5.75. The molecule has 0 heterocycles. The van der Waals surface area contributed by atoms with Crippen molar-refractivity contribution in [3.05, 3.63) is 29.3 Å². The summed E-state index contributed by atoms with van der Waals surface area (Å²) in [6.07, 6.45) is 0. The largest absolute Gasteiger partial charge is 0.382 e. The van der Waals surface area contributed by atoms with Crippen LogP contribution in [-0.4, -0.2) is 45.9 Å². The van der Waals surface area contributed by atoms with Crippen LogP contribution in [0.4, 0.5) is 5.69 Å². The van der Waals surface area contributed by atoms with Gasteiger partial charge in [0.05, 0.1) is 26.4 Å². The number of carbonyl (C=O) groups excluding carboxylic acids is 1. The summed E-state index contributed by atoms with van der Waals surface area (Å²) in [6, 6.07) is 6.98. The van der Waals surface area contributed by atoms with Gasteiger partial charge >= 0.3 is 0 Å². The summed E-state index contributed by atoms with van der Waals surface area (Å²) < 4.78 is 10.1. The predicted octanol–water partition coefficient (Wildman–Crippen LogP) is 1.53. The second-order valence-corrected chi connectivity index (χ2v) is 4.27. The molecule has 2 N–H and O–H groups in total. The van der Waals surface area contributed by atoms with Crippen LogP contribution in [0.1, 0.15) is 0 Å². The zero-order chi connectivity index (χ0) is 13.9. The molecule has 0 aliphatic carbocycles. The van der Waals surface area contributed by atoms with E-state index in [0.717, 1.165) is 5.69 Å². The molecule has 1 aromatic rings. The molecule has 0 aliphatic heterocycles. The zero-order valence-electron chi connectivity index (χ0n) is 10.9. The molecule has 1 rings (SSSR count). The number of hydrogen-bond acceptors (Lipinski definition) is 4. The standard InChI is InChI=1S/C13H19ClN2O3/c1-18-8-9-19-7-6-15-10-13(17)16-12-4-2-11(14)3-5-12/h2-5,15H,6-10H2,1H3,(H,16,17). The molecule has 1 aromatic carbocycles. The Morgan fingerprint density at radius 3 is 2.63 bits per heavy atom. The molecule has 0 aromatic heterocycles. The average Bonchev–Trinajstić information content (AvgIpc) is 2.40. The minimum atomic E-state index is -0.0980. The van der Waals surface area contributed by atoms with Crippen LogP contribution in [0.25, 0.3) is 0 Å². The van der Waals surface area contributed by atoms with E-state index < -0.39 is 0 Å². The third-order valence-corrected chi connectivity index (χ3v) is 2.52. The van der Waals surface area contributed by atoms with E-state index in [1.807, 2.05) is 0 Å². The van der Waals surface area contributed by atoms with Crippen molar-refractivity contribution in [3.63, 3.8) is 0 Å². The summed E-state index contributed by atoms with van der Waals surface area (Å²) in [5, 5.41) is 6.39. The van der Waals surface area contributed by atoms with E-state index in [1.165, 1.54) is 0 Å². The Hall–Kier alpha value is -1.14. The fourth-order valence-corrected chi connectivity index (χ4v) is 1.45. The number of nitrogens with one attached hydrogen (secondary N) is 2. The molecule has 0 atom stereocenters. The van der Waals surface area contributed by atoms with Gasteiger partial charge in [0.25, 0.3) is 0 Å². The predicted molar refractivity (Wildman–Crippen MR) is 75.6 cm³/mol. The van der Waals surface area contributed by atoms with Crippen LogP contribution in [0, 0.1) is 0 Å². The molecular weight excluding hydrogens is 268 g/mol. The lowest BCUT2D eigenvalue weighted by Gasteiger charge is -2.07. The highest BCUT2D eigenvalue weighted by atomic mass is 35.5. The fraction of sp³-hybridized carbons (Fsp3) is 0.462. The van der Waals surface area contributed by atoms with Crippen molar-refractivity contribution in [2.75, 3.05) is 45.3 Å². The summed E-state index contributed by atoms with van der Waals surface area (Å²) in [5.74, 6) is -0.0980. The van der Waals surface area contributed by atoms with E-state index in [1.54, 1.807) is 31.4 Å². The first-order chi connectivity index (χ1) is 9.22. The van der Waals surface area contributed by atoms with E-state index in [9.17, 15) is 4.79 Å². The quantitative estimate of drug-likeness (QED) is 0.676. The lowest BCUT2D eigenvalue weighted by Crippen LogP contribution is -2.30. The van der Waals surface area contributed by atoms with E-state index in [2.05, 4.69) is 10.6 Å².